The Bertz CT molecular complexity index is 765. The van der Waals surface area contributed by atoms with Crippen molar-refractivity contribution < 1.29 is 14.7 Å². The number of nitrogens with one attached hydrogen (secondary N) is 1. The highest BCUT2D eigenvalue weighted by Gasteiger charge is 2.31. The number of aromatic carboxylic acids is 1. The Kier molecular flexibility index (Phi) is 3.78. The predicted molar refractivity (Wildman–Crippen MR) is 82.6 cm³/mol. The quantitative estimate of drug-likeness (QED) is 0.887. The van der Waals surface area contributed by atoms with Crippen LogP contribution >= 0.6 is 11.6 Å². The molecule has 116 valence electrons. The van der Waals surface area contributed by atoms with Crippen LogP contribution in [0.5, 0.6) is 0 Å². The molecule has 1 fully saturated rings. The highest BCUT2D eigenvalue weighted by Crippen LogP contribution is 2.39. The van der Waals surface area contributed by atoms with E-state index >= 15 is 0 Å². The zero-order chi connectivity index (χ0) is 15.9. The number of carbonyl (C=O) groups is 2. The summed E-state index contributed by atoms with van der Waals surface area (Å²) in [7, 11) is 0. The Morgan fingerprint density at radius 1 is 1.45 bits per heavy atom. The Morgan fingerprint density at radius 3 is 2.77 bits per heavy atom. The molecule has 6 nitrogen and oxygen atoms in total. The van der Waals surface area contributed by atoms with Crippen LogP contribution in [0.2, 0.25) is 5.02 Å². The third-order valence-electron chi connectivity index (χ3n) is 3.66. The van der Waals surface area contributed by atoms with Crippen molar-refractivity contribution >= 4 is 34.5 Å². The van der Waals surface area contributed by atoms with Gasteiger partial charge in [0.2, 0.25) is 5.82 Å². The van der Waals surface area contributed by atoms with Crippen molar-refractivity contribution in [3.63, 3.8) is 0 Å². The van der Waals surface area contributed by atoms with Gasteiger partial charge in [0, 0.05) is 12.6 Å². The van der Waals surface area contributed by atoms with E-state index in [9.17, 15) is 14.7 Å². The molecule has 0 aliphatic heterocycles. The lowest BCUT2D eigenvalue weighted by atomic mass is 10.2. The first-order valence-electron chi connectivity index (χ1n) is 7.26. The van der Waals surface area contributed by atoms with Gasteiger partial charge in [0.1, 0.15) is 0 Å². The normalized spacial score (nSPS) is 14.3. The van der Waals surface area contributed by atoms with E-state index in [1.807, 2.05) is 6.92 Å². The Morgan fingerprint density at radius 2 is 2.18 bits per heavy atom. The number of hydrogen-bond acceptors (Lipinski definition) is 3. The summed E-state index contributed by atoms with van der Waals surface area (Å²) in [6.45, 7) is 2.52. The predicted octanol–water partition coefficient (Wildman–Crippen LogP) is 2.86. The minimum absolute atomic E-state index is 0.000293. The molecule has 1 heterocycles. The molecule has 7 heteroatoms. The maximum Gasteiger partial charge on any atom is 0.372 e. The number of halogens is 1. The van der Waals surface area contributed by atoms with Crippen LogP contribution in [-0.4, -0.2) is 33.1 Å². The molecule has 1 aromatic carbocycles. The van der Waals surface area contributed by atoms with Crippen molar-refractivity contribution in [3.05, 3.63) is 28.5 Å². The lowest BCUT2D eigenvalue weighted by molar-refractivity contribution is 0.0678. The Hall–Kier alpha value is -2.08. The second-order valence-corrected chi connectivity index (χ2v) is 5.83. The van der Waals surface area contributed by atoms with Crippen LogP contribution in [0.1, 0.15) is 53.2 Å². The molecule has 3 rings (SSSR count). The van der Waals surface area contributed by atoms with Gasteiger partial charge in [0.05, 0.1) is 21.6 Å². The van der Waals surface area contributed by atoms with E-state index in [1.165, 1.54) is 0 Å². The summed E-state index contributed by atoms with van der Waals surface area (Å²) in [5, 5.41) is 12.4. The summed E-state index contributed by atoms with van der Waals surface area (Å²) < 4.78 is 1.71. The van der Waals surface area contributed by atoms with Crippen molar-refractivity contribution in [2.24, 2.45) is 0 Å². The average molecular weight is 322 g/mol. The second-order valence-electron chi connectivity index (χ2n) is 5.42. The minimum Gasteiger partial charge on any atom is -0.475 e. The molecule has 0 spiro atoms. The van der Waals surface area contributed by atoms with E-state index in [0.717, 1.165) is 19.3 Å². The van der Waals surface area contributed by atoms with E-state index < -0.39 is 5.97 Å². The number of carboxylic acids is 1. The van der Waals surface area contributed by atoms with Crippen molar-refractivity contribution in [1.82, 2.24) is 14.9 Å². The lowest BCUT2D eigenvalue weighted by Gasteiger charge is -2.07. The highest BCUT2D eigenvalue weighted by molar-refractivity contribution is 6.34. The van der Waals surface area contributed by atoms with E-state index in [1.54, 1.807) is 16.7 Å². The molecular weight excluding hydrogens is 306 g/mol. The molecular formula is C15H16ClN3O3. The fourth-order valence-electron chi connectivity index (χ4n) is 2.48. The number of carboxylic acid groups (broad SMARTS) is 1. The highest BCUT2D eigenvalue weighted by atomic mass is 35.5. The number of carbonyl (C=O) groups excluding carboxylic acids is 1. The number of rotatable bonds is 5. The first kappa shape index (κ1) is 14.8. The van der Waals surface area contributed by atoms with Crippen molar-refractivity contribution in [3.8, 4) is 0 Å². The van der Waals surface area contributed by atoms with Gasteiger partial charge in [-0.05, 0) is 31.4 Å². The van der Waals surface area contributed by atoms with Gasteiger partial charge in [-0.25, -0.2) is 9.78 Å². The van der Waals surface area contributed by atoms with Crippen LogP contribution in [0, 0.1) is 0 Å². The molecule has 1 aromatic heterocycles. The summed E-state index contributed by atoms with van der Waals surface area (Å²) in [4.78, 5) is 27.6. The summed E-state index contributed by atoms with van der Waals surface area (Å²) in [5.41, 5.74) is 1.47. The van der Waals surface area contributed by atoms with Gasteiger partial charge in [0.15, 0.2) is 0 Å². The first-order chi connectivity index (χ1) is 10.5. The molecule has 1 aliphatic carbocycles. The molecule has 0 saturated heterocycles. The van der Waals surface area contributed by atoms with Gasteiger partial charge >= 0.3 is 5.97 Å². The molecule has 1 saturated carbocycles. The smallest absolute Gasteiger partial charge is 0.372 e. The Labute approximate surface area is 132 Å². The number of nitrogens with zero attached hydrogens (tertiary/aromatic N) is 2. The van der Waals surface area contributed by atoms with Crippen LogP contribution < -0.4 is 5.32 Å². The van der Waals surface area contributed by atoms with Gasteiger partial charge in [-0.15, -0.1) is 0 Å². The molecule has 0 bridgehead atoms. The molecule has 0 radical (unpaired) electrons. The Balaban J connectivity index is 2.10. The topological polar surface area (TPSA) is 84.2 Å². The maximum atomic E-state index is 12.1. The van der Waals surface area contributed by atoms with E-state index in [2.05, 4.69) is 10.3 Å². The SMILES string of the molecule is CCCNC(=O)c1cc2nc(C(=O)O)n(C3CC3)c2cc1Cl. The lowest BCUT2D eigenvalue weighted by Crippen LogP contribution is -2.24. The minimum atomic E-state index is -1.07. The zero-order valence-electron chi connectivity index (χ0n) is 12.1. The third kappa shape index (κ3) is 2.54. The third-order valence-corrected chi connectivity index (χ3v) is 3.97. The number of fused-ring (bicyclic) bond motifs is 1. The molecule has 22 heavy (non-hydrogen) atoms. The van der Waals surface area contributed by atoms with Crippen molar-refractivity contribution in [1.29, 1.82) is 0 Å². The van der Waals surface area contributed by atoms with Gasteiger partial charge in [-0.1, -0.05) is 18.5 Å². The van der Waals surface area contributed by atoms with Crippen LogP contribution in [-0.2, 0) is 0 Å². The largest absolute Gasteiger partial charge is 0.475 e. The molecule has 0 atom stereocenters. The number of aromatic nitrogens is 2. The second kappa shape index (κ2) is 5.61. The molecule has 1 aliphatic rings. The average Bonchev–Trinajstić information content (AvgIpc) is 3.25. The molecule has 0 unspecified atom stereocenters. The fraction of sp³-hybridized carbons (Fsp3) is 0.400. The molecule has 2 N–H and O–H groups in total. The fourth-order valence-corrected chi connectivity index (χ4v) is 2.72. The van der Waals surface area contributed by atoms with Crippen molar-refractivity contribution in [2.75, 3.05) is 6.54 Å². The van der Waals surface area contributed by atoms with E-state index in [0.29, 0.717) is 28.2 Å². The number of hydrogen-bond donors (Lipinski definition) is 2. The van der Waals surface area contributed by atoms with E-state index in [4.69, 9.17) is 11.6 Å². The molecule has 1 amide bonds. The number of benzene rings is 1. The van der Waals surface area contributed by atoms with Crippen LogP contribution in [0.3, 0.4) is 0 Å². The summed E-state index contributed by atoms with van der Waals surface area (Å²) in [6, 6.07) is 3.36. The van der Waals surface area contributed by atoms with Crippen LogP contribution in [0.15, 0.2) is 12.1 Å². The van der Waals surface area contributed by atoms with Gasteiger partial charge in [0.25, 0.3) is 5.91 Å². The zero-order valence-corrected chi connectivity index (χ0v) is 12.9. The number of imidazole rings is 1. The molecule has 2 aromatic rings. The van der Waals surface area contributed by atoms with E-state index in [-0.39, 0.29) is 17.8 Å². The van der Waals surface area contributed by atoms with Crippen LogP contribution in [0.25, 0.3) is 11.0 Å². The van der Waals surface area contributed by atoms with Gasteiger partial charge in [-0.3, -0.25) is 4.79 Å². The standard InChI is InChI=1S/C15H16ClN3O3/c1-2-5-17-14(20)9-6-11-12(7-10(9)16)19(8-3-4-8)13(18-11)15(21)22/h6-8H,2-5H2,1H3,(H,17,20)(H,21,22). The number of amides is 1. The van der Waals surface area contributed by atoms with Crippen molar-refractivity contribution in [2.45, 2.75) is 32.2 Å². The maximum absolute atomic E-state index is 12.1. The first-order valence-corrected chi connectivity index (χ1v) is 7.63. The summed E-state index contributed by atoms with van der Waals surface area (Å²) in [5.74, 6) is -1.34. The monoisotopic (exact) mass is 321 g/mol. The van der Waals surface area contributed by atoms with Gasteiger partial charge < -0.3 is 15.0 Å². The summed E-state index contributed by atoms with van der Waals surface area (Å²) >= 11 is 6.21. The van der Waals surface area contributed by atoms with Gasteiger partial charge in [-0.2, -0.15) is 0 Å². The summed E-state index contributed by atoms with van der Waals surface area (Å²) in [6.07, 6.45) is 2.69. The van der Waals surface area contributed by atoms with Crippen LogP contribution in [0.4, 0.5) is 0 Å².